The molecule has 0 spiro atoms. The van der Waals surface area contributed by atoms with Gasteiger partial charge < -0.3 is 10.6 Å². The highest BCUT2D eigenvalue weighted by atomic mass is 35.5. The van der Waals surface area contributed by atoms with E-state index in [4.69, 9.17) is 11.6 Å². The Morgan fingerprint density at radius 1 is 1.29 bits per heavy atom. The molecular weight excluding hydrogens is 327 g/mol. The third kappa shape index (κ3) is 4.52. The quantitative estimate of drug-likeness (QED) is 0.822. The number of carbonyl (C=O) groups excluding carboxylic acids is 1. The van der Waals surface area contributed by atoms with E-state index in [1.807, 2.05) is 24.3 Å². The fourth-order valence-electron chi connectivity index (χ4n) is 3.15. The zero-order valence-corrected chi connectivity index (χ0v) is 14.1. The highest BCUT2D eigenvalue weighted by Gasteiger charge is 2.33. The molecule has 116 valence electrons. The highest BCUT2D eigenvalue weighted by Crippen LogP contribution is 2.28. The van der Waals surface area contributed by atoms with Crippen molar-refractivity contribution in [2.45, 2.75) is 48.7 Å². The fraction of sp³-hybridized carbons (Fsp3) is 0.533. The van der Waals surface area contributed by atoms with Crippen LogP contribution in [-0.2, 0) is 4.79 Å². The number of halogens is 2. The molecule has 2 aliphatic heterocycles. The Bertz CT molecular complexity index is 488. The number of hydrogen-bond donors (Lipinski definition) is 2. The Morgan fingerprint density at radius 2 is 1.95 bits per heavy atom. The van der Waals surface area contributed by atoms with E-state index in [9.17, 15) is 4.79 Å². The van der Waals surface area contributed by atoms with E-state index < -0.39 is 0 Å². The Morgan fingerprint density at radius 3 is 2.62 bits per heavy atom. The Balaban J connectivity index is 0.00000161. The summed E-state index contributed by atoms with van der Waals surface area (Å²) in [6.45, 7) is 0. The number of benzene rings is 1. The number of rotatable bonds is 4. The SMILES string of the molecule is Cl.O=C(CSc1ccccc1Cl)NC1CC2CCC(C1)N2. The third-order valence-electron chi connectivity index (χ3n) is 4.03. The van der Waals surface area contributed by atoms with Gasteiger partial charge >= 0.3 is 0 Å². The van der Waals surface area contributed by atoms with Crippen LogP contribution in [0.5, 0.6) is 0 Å². The van der Waals surface area contributed by atoms with Crippen LogP contribution in [0, 0.1) is 0 Å². The molecule has 2 saturated heterocycles. The van der Waals surface area contributed by atoms with Crippen LogP contribution < -0.4 is 10.6 Å². The number of carbonyl (C=O) groups is 1. The molecule has 2 bridgehead atoms. The molecule has 2 atom stereocenters. The number of hydrogen-bond acceptors (Lipinski definition) is 3. The molecule has 2 unspecified atom stereocenters. The summed E-state index contributed by atoms with van der Waals surface area (Å²) in [6, 6.07) is 9.20. The summed E-state index contributed by atoms with van der Waals surface area (Å²) in [6.07, 6.45) is 4.65. The lowest BCUT2D eigenvalue weighted by atomic mass is 10.00. The van der Waals surface area contributed by atoms with Gasteiger partial charge in [0.2, 0.25) is 5.91 Å². The summed E-state index contributed by atoms with van der Waals surface area (Å²) < 4.78 is 0. The van der Waals surface area contributed by atoms with Crippen molar-refractivity contribution in [1.82, 2.24) is 10.6 Å². The van der Waals surface area contributed by atoms with Crippen LogP contribution in [0.3, 0.4) is 0 Å². The molecule has 0 saturated carbocycles. The first-order valence-electron chi connectivity index (χ1n) is 7.13. The summed E-state index contributed by atoms with van der Waals surface area (Å²) in [4.78, 5) is 13.0. The lowest BCUT2D eigenvalue weighted by Gasteiger charge is -2.29. The number of thioether (sulfide) groups is 1. The predicted octanol–water partition coefficient (Wildman–Crippen LogP) is 3.25. The molecule has 0 aromatic heterocycles. The van der Waals surface area contributed by atoms with E-state index in [1.54, 1.807) is 0 Å². The van der Waals surface area contributed by atoms with Crippen LogP contribution in [0.2, 0.25) is 5.02 Å². The summed E-state index contributed by atoms with van der Waals surface area (Å²) in [5.74, 6) is 0.546. The van der Waals surface area contributed by atoms with Crippen LogP contribution in [0.15, 0.2) is 29.2 Å². The van der Waals surface area contributed by atoms with Crippen molar-refractivity contribution in [3.05, 3.63) is 29.3 Å². The molecule has 0 aliphatic carbocycles. The average molecular weight is 347 g/mol. The molecular formula is C15H20Cl2N2OS. The minimum absolute atomic E-state index is 0. The van der Waals surface area contributed by atoms with Crippen molar-refractivity contribution in [2.75, 3.05) is 5.75 Å². The number of piperidine rings is 1. The normalized spacial score (nSPS) is 27.0. The second-order valence-electron chi connectivity index (χ2n) is 5.59. The van der Waals surface area contributed by atoms with Crippen molar-refractivity contribution in [2.24, 2.45) is 0 Å². The van der Waals surface area contributed by atoms with Gasteiger partial charge in [0.25, 0.3) is 0 Å². The van der Waals surface area contributed by atoms with Gasteiger partial charge in [0.15, 0.2) is 0 Å². The van der Waals surface area contributed by atoms with Crippen molar-refractivity contribution in [3.8, 4) is 0 Å². The highest BCUT2D eigenvalue weighted by molar-refractivity contribution is 8.00. The summed E-state index contributed by atoms with van der Waals surface area (Å²) >= 11 is 7.59. The van der Waals surface area contributed by atoms with E-state index in [2.05, 4.69) is 10.6 Å². The summed E-state index contributed by atoms with van der Waals surface area (Å²) in [5, 5.41) is 7.46. The molecule has 3 rings (SSSR count). The van der Waals surface area contributed by atoms with E-state index >= 15 is 0 Å². The van der Waals surface area contributed by atoms with E-state index in [-0.39, 0.29) is 18.3 Å². The number of amides is 1. The Hall–Kier alpha value is -0.420. The van der Waals surface area contributed by atoms with Gasteiger partial charge in [-0.05, 0) is 37.8 Å². The molecule has 2 fully saturated rings. The first kappa shape index (κ1) is 16.9. The zero-order valence-electron chi connectivity index (χ0n) is 11.7. The molecule has 6 heteroatoms. The molecule has 2 aliphatic rings. The fourth-order valence-corrected chi connectivity index (χ4v) is 4.20. The molecule has 2 N–H and O–H groups in total. The standard InChI is InChI=1S/C15H19ClN2OS.ClH/c16-13-3-1-2-4-14(13)20-9-15(19)18-12-7-10-5-6-11(8-12)17-10;/h1-4,10-12,17H,5-9H2,(H,18,19);1H. The van der Waals surface area contributed by atoms with Crippen molar-refractivity contribution in [3.63, 3.8) is 0 Å². The van der Waals surface area contributed by atoms with E-state index in [0.717, 1.165) is 17.7 Å². The van der Waals surface area contributed by atoms with E-state index in [1.165, 1.54) is 24.6 Å². The van der Waals surface area contributed by atoms with Crippen LogP contribution in [0.4, 0.5) is 0 Å². The third-order valence-corrected chi connectivity index (χ3v) is 5.55. The van der Waals surface area contributed by atoms with Crippen molar-refractivity contribution in [1.29, 1.82) is 0 Å². The molecule has 21 heavy (non-hydrogen) atoms. The minimum atomic E-state index is 0. The average Bonchev–Trinajstić information content (AvgIpc) is 2.77. The molecule has 2 heterocycles. The second kappa shape index (κ2) is 7.73. The van der Waals surface area contributed by atoms with E-state index in [0.29, 0.717) is 28.9 Å². The van der Waals surface area contributed by atoms with Gasteiger partial charge in [-0.15, -0.1) is 24.2 Å². The maximum atomic E-state index is 12.0. The number of fused-ring (bicyclic) bond motifs is 2. The van der Waals surface area contributed by atoms with Gasteiger partial charge in [-0.3, -0.25) is 4.79 Å². The summed E-state index contributed by atoms with van der Waals surface area (Å²) in [5.41, 5.74) is 0. The zero-order chi connectivity index (χ0) is 13.9. The van der Waals surface area contributed by atoms with Crippen LogP contribution in [-0.4, -0.2) is 29.8 Å². The van der Waals surface area contributed by atoms with Gasteiger partial charge in [0.05, 0.1) is 10.8 Å². The van der Waals surface area contributed by atoms with Crippen LogP contribution in [0.1, 0.15) is 25.7 Å². The molecule has 1 aromatic carbocycles. The second-order valence-corrected chi connectivity index (χ2v) is 7.02. The Kier molecular flexibility index (Phi) is 6.23. The van der Waals surface area contributed by atoms with Gasteiger partial charge in [0, 0.05) is 23.0 Å². The van der Waals surface area contributed by atoms with Gasteiger partial charge in [-0.1, -0.05) is 23.7 Å². The van der Waals surface area contributed by atoms with Crippen molar-refractivity contribution >= 4 is 41.7 Å². The minimum Gasteiger partial charge on any atom is -0.353 e. The van der Waals surface area contributed by atoms with Crippen LogP contribution in [0.25, 0.3) is 0 Å². The molecule has 3 nitrogen and oxygen atoms in total. The largest absolute Gasteiger partial charge is 0.353 e. The number of nitrogens with one attached hydrogen (secondary N) is 2. The van der Waals surface area contributed by atoms with Crippen molar-refractivity contribution < 1.29 is 4.79 Å². The topological polar surface area (TPSA) is 41.1 Å². The molecule has 1 amide bonds. The van der Waals surface area contributed by atoms with Gasteiger partial charge in [-0.2, -0.15) is 0 Å². The van der Waals surface area contributed by atoms with Gasteiger partial charge in [0.1, 0.15) is 0 Å². The smallest absolute Gasteiger partial charge is 0.230 e. The first-order chi connectivity index (χ1) is 9.70. The lowest BCUT2D eigenvalue weighted by molar-refractivity contribution is -0.119. The maximum absolute atomic E-state index is 12.0. The molecule has 1 aromatic rings. The predicted molar refractivity (Wildman–Crippen MR) is 90.5 cm³/mol. The Labute approximate surface area is 141 Å². The summed E-state index contributed by atoms with van der Waals surface area (Å²) in [7, 11) is 0. The lowest BCUT2D eigenvalue weighted by Crippen LogP contribution is -2.48. The van der Waals surface area contributed by atoms with Gasteiger partial charge in [-0.25, -0.2) is 0 Å². The molecule has 0 radical (unpaired) electrons. The first-order valence-corrected chi connectivity index (χ1v) is 8.50. The van der Waals surface area contributed by atoms with Crippen LogP contribution >= 0.6 is 35.8 Å². The monoisotopic (exact) mass is 346 g/mol. The maximum Gasteiger partial charge on any atom is 0.230 e.